The summed E-state index contributed by atoms with van der Waals surface area (Å²) in [6, 6.07) is 7.76. The maximum Gasteiger partial charge on any atom is 0.417 e. The maximum atomic E-state index is 13.2. The summed E-state index contributed by atoms with van der Waals surface area (Å²) in [6.45, 7) is 5.31. The third kappa shape index (κ3) is 5.67. The predicted molar refractivity (Wildman–Crippen MR) is 118 cm³/mol. The molecule has 1 saturated heterocycles. The molecule has 0 bridgehead atoms. The average molecular weight is 517 g/mol. The molecule has 1 aliphatic heterocycles. The Bertz CT molecular complexity index is 954. The Labute approximate surface area is 192 Å². The maximum absolute atomic E-state index is 13.2. The molecule has 2 atom stereocenters. The van der Waals surface area contributed by atoms with E-state index in [1.54, 1.807) is 0 Å². The van der Waals surface area contributed by atoms with Crippen LogP contribution >= 0.6 is 27.5 Å². The van der Waals surface area contributed by atoms with Crippen molar-refractivity contribution in [3.05, 3.63) is 75.5 Å². The van der Waals surface area contributed by atoms with E-state index in [4.69, 9.17) is 11.6 Å². The normalized spacial score (nSPS) is 18.4. The van der Waals surface area contributed by atoms with Gasteiger partial charge in [-0.2, -0.15) is 13.2 Å². The quantitative estimate of drug-likeness (QED) is 0.477. The average Bonchev–Trinajstić information content (AvgIpc) is 2.72. The van der Waals surface area contributed by atoms with E-state index in [-0.39, 0.29) is 6.04 Å². The van der Waals surface area contributed by atoms with Crippen molar-refractivity contribution in [1.82, 2.24) is 15.2 Å². The zero-order valence-corrected chi connectivity index (χ0v) is 19.0. The molecule has 0 saturated carbocycles. The molecule has 1 aromatic carbocycles. The third-order valence-electron chi connectivity index (χ3n) is 5.32. The largest absolute Gasteiger partial charge is 0.417 e. The lowest BCUT2D eigenvalue weighted by atomic mass is 9.90. The van der Waals surface area contributed by atoms with Crippen LogP contribution in [0, 0.1) is 0 Å². The first kappa shape index (κ1) is 23.8. The second-order valence-electron chi connectivity index (χ2n) is 7.37. The van der Waals surface area contributed by atoms with Gasteiger partial charge in [0.25, 0.3) is 5.91 Å². The zero-order valence-electron chi connectivity index (χ0n) is 16.6. The molecule has 1 amide bonds. The molecule has 166 valence electrons. The van der Waals surface area contributed by atoms with E-state index in [1.165, 1.54) is 0 Å². The van der Waals surface area contributed by atoms with Crippen molar-refractivity contribution in [1.29, 1.82) is 0 Å². The van der Waals surface area contributed by atoms with Gasteiger partial charge >= 0.3 is 6.18 Å². The minimum Gasteiger partial charge on any atom is -0.342 e. The number of nitrogens with one attached hydrogen (secondary N) is 1. The Hall–Kier alpha value is -1.90. The minimum absolute atomic E-state index is 0.0467. The number of amides is 1. The number of piperidine rings is 1. The van der Waals surface area contributed by atoms with Gasteiger partial charge in [0.15, 0.2) is 0 Å². The van der Waals surface area contributed by atoms with Crippen LogP contribution in [0.4, 0.5) is 13.2 Å². The molecule has 1 aliphatic rings. The van der Waals surface area contributed by atoms with Crippen LogP contribution in [0.15, 0.2) is 53.7 Å². The number of nitrogens with zero attached hydrogens (tertiary/aromatic N) is 2. The monoisotopic (exact) mass is 515 g/mol. The molecule has 0 aliphatic carbocycles. The zero-order chi connectivity index (χ0) is 22.6. The van der Waals surface area contributed by atoms with Crippen LogP contribution < -0.4 is 5.32 Å². The number of likely N-dealkylation sites (tertiary alicyclic amines) is 1. The molecule has 1 fully saturated rings. The van der Waals surface area contributed by atoms with E-state index < -0.39 is 34.4 Å². The lowest BCUT2D eigenvalue weighted by Crippen LogP contribution is -2.49. The molecule has 0 radical (unpaired) electrons. The fraction of sp³-hybridized carbons (Fsp3) is 0.364. The van der Waals surface area contributed by atoms with Crippen LogP contribution in [-0.4, -0.2) is 34.9 Å². The van der Waals surface area contributed by atoms with Gasteiger partial charge in [-0.05, 0) is 43.1 Å². The van der Waals surface area contributed by atoms with Crippen molar-refractivity contribution in [2.45, 2.75) is 37.5 Å². The van der Waals surface area contributed by atoms with Crippen LogP contribution in [-0.2, 0) is 6.18 Å². The summed E-state index contributed by atoms with van der Waals surface area (Å²) in [7, 11) is 0. The second-order valence-corrected chi connectivity index (χ2v) is 8.67. The van der Waals surface area contributed by atoms with Crippen LogP contribution in [0.1, 0.15) is 46.9 Å². The molecule has 2 heterocycles. The fourth-order valence-corrected chi connectivity index (χ4v) is 4.64. The van der Waals surface area contributed by atoms with E-state index in [1.807, 2.05) is 30.3 Å². The summed E-state index contributed by atoms with van der Waals surface area (Å²) in [4.78, 5) is 19.1. The Morgan fingerprint density at radius 3 is 2.84 bits per heavy atom. The van der Waals surface area contributed by atoms with Gasteiger partial charge in [0.05, 0.1) is 16.6 Å². The topological polar surface area (TPSA) is 45.2 Å². The second kappa shape index (κ2) is 10.1. The van der Waals surface area contributed by atoms with Gasteiger partial charge in [0, 0.05) is 23.3 Å². The first-order valence-electron chi connectivity index (χ1n) is 9.85. The molecular weight excluding hydrogens is 495 g/mol. The van der Waals surface area contributed by atoms with E-state index in [0.29, 0.717) is 6.54 Å². The molecule has 9 heteroatoms. The molecular formula is C22H22BrClF3N3O. The first-order chi connectivity index (χ1) is 14.7. The van der Waals surface area contributed by atoms with Gasteiger partial charge in [-0.1, -0.05) is 52.2 Å². The van der Waals surface area contributed by atoms with Crippen molar-refractivity contribution in [2.75, 3.05) is 13.1 Å². The Balaban J connectivity index is 1.97. The van der Waals surface area contributed by atoms with Crippen molar-refractivity contribution in [2.24, 2.45) is 0 Å². The number of hydrogen-bond acceptors (Lipinski definition) is 3. The highest BCUT2D eigenvalue weighted by atomic mass is 79.9. The SMILES string of the molecule is C=CCN1CCCC[C@H]1[C@@H](NC(=O)c1nccc(C(F)(F)F)c1Cl)c1cccc(Br)c1. The minimum atomic E-state index is -4.68. The lowest BCUT2D eigenvalue weighted by Gasteiger charge is -2.40. The summed E-state index contributed by atoms with van der Waals surface area (Å²) in [5.41, 5.74) is -0.686. The van der Waals surface area contributed by atoms with Gasteiger partial charge in [0.2, 0.25) is 0 Å². The lowest BCUT2D eigenvalue weighted by molar-refractivity contribution is -0.137. The highest BCUT2D eigenvalue weighted by molar-refractivity contribution is 9.10. The molecule has 0 spiro atoms. The molecule has 3 rings (SSSR count). The number of halogens is 5. The standard InChI is InChI=1S/C22H22BrClF3N3O/c1-2-11-30-12-4-3-8-17(30)19(14-6-5-7-15(23)13-14)29-21(31)20-18(24)16(9-10-28-20)22(25,26)27/h2,5-7,9-10,13,17,19H,1,3-4,8,11-12H2,(H,29,31)/t17-,19-/m0/s1. The molecule has 0 unspecified atom stereocenters. The van der Waals surface area contributed by atoms with Crippen LogP contribution in [0.3, 0.4) is 0 Å². The molecule has 1 aromatic heterocycles. The summed E-state index contributed by atoms with van der Waals surface area (Å²) in [5.74, 6) is -0.745. The summed E-state index contributed by atoms with van der Waals surface area (Å²) >= 11 is 9.39. The molecule has 1 N–H and O–H groups in total. The van der Waals surface area contributed by atoms with Gasteiger partial charge in [-0.15, -0.1) is 6.58 Å². The van der Waals surface area contributed by atoms with Crippen molar-refractivity contribution < 1.29 is 18.0 Å². The van der Waals surface area contributed by atoms with Gasteiger partial charge < -0.3 is 5.32 Å². The summed E-state index contributed by atoms with van der Waals surface area (Å²) in [5, 5.41) is 2.20. The van der Waals surface area contributed by atoms with E-state index in [2.05, 4.69) is 37.7 Å². The third-order valence-corrected chi connectivity index (χ3v) is 6.19. The Morgan fingerprint density at radius 1 is 1.39 bits per heavy atom. The highest BCUT2D eigenvalue weighted by Gasteiger charge is 2.37. The smallest absolute Gasteiger partial charge is 0.342 e. The number of aromatic nitrogens is 1. The van der Waals surface area contributed by atoms with Gasteiger partial charge in [-0.3, -0.25) is 9.69 Å². The molecule has 4 nitrogen and oxygen atoms in total. The van der Waals surface area contributed by atoms with Gasteiger partial charge in [0.1, 0.15) is 5.69 Å². The van der Waals surface area contributed by atoms with Crippen LogP contribution in [0.25, 0.3) is 0 Å². The fourth-order valence-electron chi connectivity index (χ4n) is 3.92. The number of pyridine rings is 1. The Morgan fingerprint density at radius 2 is 2.16 bits per heavy atom. The van der Waals surface area contributed by atoms with E-state index >= 15 is 0 Å². The highest BCUT2D eigenvalue weighted by Crippen LogP contribution is 2.36. The molecule has 31 heavy (non-hydrogen) atoms. The first-order valence-corrected chi connectivity index (χ1v) is 11.0. The van der Waals surface area contributed by atoms with E-state index in [9.17, 15) is 18.0 Å². The van der Waals surface area contributed by atoms with Crippen LogP contribution in [0.2, 0.25) is 5.02 Å². The predicted octanol–water partition coefficient (Wildman–Crippen LogP) is 6.03. The number of hydrogen-bond donors (Lipinski definition) is 1. The number of alkyl halides is 3. The summed E-state index contributed by atoms with van der Waals surface area (Å²) < 4.78 is 40.5. The Kier molecular flexibility index (Phi) is 7.78. The van der Waals surface area contributed by atoms with Gasteiger partial charge in [-0.25, -0.2) is 4.98 Å². The van der Waals surface area contributed by atoms with Crippen molar-refractivity contribution in [3.63, 3.8) is 0 Å². The van der Waals surface area contributed by atoms with Crippen LogP contribution in [0.5, 0.6) is 0 Å². The van der Waals surface area contributed by atoms with Crippen molar-refractivity contribution in [3.8, 4) is 0 Å². The molecule has 2 aromatic rings. The number of carbonyl (C=O) groups excluding carboxylic acids is 1. The van der Waals surface area contributed by atoms with Crippen molar-refractivity contribution >= 4 is 33.4 Å². The van der Waals surface area contributed by atoms with E-state index in [0.717, 1.165) is 48.1 Å². The number of carbonyl (C=O) groups is 1. The summed E-state index contributed by atoms with van der Waals surface area (Å²) in [6.07, 6.45) is 0.926. The number of rotatable bonds is 6. The number of benzene rings is 1.